The highest BCUT2D eigenvalue weighted by molar-refractivity contribution is 5.78. The molecule has 1 aliphatic carbocycles. The summed E-state index contributed by atoms with van der Waals surface area (Å²) in [6.07, 6.45) is 7.68. The minimum Gasteiger partial charge on any atom is -0.410 e. The average Bonchev–Trinajstić information content (AvgIpc) is 3.20. The Kier molecular flexibility index (Phi) is 4.49. The third kappa shape index (κ3) is 2.92. The molecule has 3 aliphatic heterocycles. The molecule has 3 saturated heterocycles. The summed E-state index contributed by atoms with van der Waals surface area (Å²) in [5.41, 5.74) is 4.07. The molecular formula is C19H29N3O4. The molecule has 4 rings (SSSR count). The van der Waals surface area contributed by atoms with E-state index in [1.165, 1.54) is 0 Å². The highest BCUT2D eigenvalue weighted by Gasteiger charge is 2.53. The van der Waals surface area contributed by atoms with Crippen LogP contribution in [0, 0.1) is 5.92 Å². The van der Waals surface area contributed by atoms with Crippen LogP contribution in [-0.4, -0.2) is 60.5 Å². The minimum atomic E-state index is -0.376. The van der Waals surface area contributed by atoms with E-state index < -0.39 is 0 Å². The van der Waals surface area contributed by atoms with Crippen molar-refractivity contribution in [3.05, 3.63) is 23.6 Å². The summed E-state index contributed by atoms with van der Waals surface area (Å²) in [5.74, 6) is 0.837. The van der Waals surface area contributed by atoms with Crippen LogP contribution in [0.4, 0.5) is 4.79 Å². The van der Waals surface area contributed by atoms with E-state index in [9.17, 15) is 4.79 Å². The average molecular weight is 363 g/mol. The van der Waals surface area contributed by atoms with Crippen LogP contribution in [0.25, 0.3) is 0 Å². The molecule has 0 aromatic carbocycles. The number of nitrogens with one attached hydrogen (secondary N) is 1. The van der Waals surface area contributed by atoms with E-state index in [1.807, 2.05) is 24.1 Å². The van der Waals surface area contributed by atoms with Crippen molar-refractivity contribution >= 4 is 6.03 Å². The van der Waals surface area contributed by atoms with Crippen molar-refractivity contribution in [2.75, 3.05) is 33.4 Å². The second-order valence-electron chi connectivity index (χ2n) is 8.03. The van der Waals surface area contributed by atoms with Gasteiger partial charge < -0.3 is 19.2 Å². The molecule has 2 spiro atoms. The first kappa shape index (κ1) is 17.8. The third-order valence-corrected chi connectivity index (χ3v) is 6.03. The van der Waals surface area contributed by atoms with Gasteiger partial charge in [-0.1, -0.05) is 13.8 Å². The maximum Gasteiger partial charge on any atom is 0.324 e. The van der Waals surface area contributed by atoms with E-state index in [2.05, 4.69) is 19.3 Å². The molecule has 1 N–H and O–H groups in total. The number of carbonyl (C=O) groups is 1. The molecule has 3 heterocycles. The maximum atomic E-state index is 12.3. The SMILES string of the molecule is CC(C)/C(=C\C=C1/ONC12CCC1(CC2)OCCO1)N1CCN(C)C1=O. The lowest BCUT2D eigenvalue weighted by molar-refractivity contribution is -0.209. The van der Waals surface area contributed by atoms with Crippen molar-refractivity contribution in [2.24, 2.45) is 5.92 Å². The van der Waals surface area contributed by atoms with Crippen molar-refractivity contribution in [2.45, 2.75) is 50.9 Å². The molecule has 4 aliphatic rings. The number of carbonyl (C=O) groups excluding carboxylic acids is 1. The van der Waals surface area contributed by atoms with Crippen LogP contribution >= 0.6 is 0 Å². The second-order valence-corrected chi connectivity index (χ2v) is 8.03. The third-order valence-electron chi connectivity index (χ3n) is 6.03. The molecule has 0 aromatic heterocycles. The summed E-state index contributed by atoms with van der Waals surface area (Å²) >= 11 is 0. The van der Waals surface area contributed by atoms with Gasteiger partial charge in [-0.2, -0.15) is 0 Å². The van der Waals surface area contributed by atoms with E-state index in [0.29, 0.717) is 13.2 Å². The lowest BCUT2D eigenvalue weighted by Gasteiger charge is -2.49. The fourth-order valence-electron chi connectivity index (χ4n) is 4.28. The number of urea groups is 1. The molecule has 0 bridgehead atoms. The zero-order chi connectivity index (χ0) is 18.4. The zero-order valence-electron chi connectivity index (χ0n) is 15.9. The largest absolute Gasteiger partial charge is 0.410 e. The first-order valence-corrected chi connectivity index (χ1v) is 9.62. The highest BCUT2D eigenvalue weighted by Crippen LogP contribution is 2.46. The molecule has 7 heteroatoms. The molecule has 144 valence electrons. The van der Waals surface area contributed by atoms with Crippen LogP contribution in [0.1, 0.15) is 39.5 Å². The van der Waals surface area contributed by atoms with Crippen LogP contribution in [0.2, 0.25) is 0 Å². The van der Waals surface area contributed by atoms with Gasteiger partial charge in [0.05, 0.1) is 13.2 Å². The van der Waals surface area contributed by atoms with Crippen molar-refractivity contribution in [3.63, 3.8) is 0 Å². The van der Waals surface area contributed by atoms with Crippen molar-refractivity contribution in [1.29, 1.82) is 0 Å². The van der Waals surface area contributed by atoms with Gasteiger partial charge in [0.2, 0.25) is 0 Å². The van der Waals surface area contributed by atoms with E-state index >= 15 is 0 Å². The number of amides is 2. The molecule has 0 aromatic rings. The van der Waals surface area contributed by atoms with Gasteiger partial charge in [-0.15, -0.1) is 5.48 Å². The van der Waals surface area contributed by atoms with Gasteiger partial charge in [0.15, 0.2) is 5.79 Å². The summed E-state index contributed by atoms with van der Waals surface area (Å²) in [5, 5.41) is 0. The summed E-state index contributed by atoms with van der Waals surface area (Å²) in [4.78, 5) is 21.6. The predicted octanol–water partition coefficient (Wildman–Crippen LogP) is 2.37. The number of hydroxylamine groups is 1. The van der Waals surface area contributed by atoms with Crippen LogP contribution in [0.15, 0.2) is 23.6 Å². The zero-order valence-corrected chi connectivity index (χ0v) is 15.9. The quantitative estimate of drug-likeness (QED) is 0.834. The lowest BCUT2D eigenvalue weighted by Crippen LogP contribution is -2.61. The van der Waals surface area contributed by atoms with E-state index in [1.54, 1.807) is 4.90 Å². The van der Waals surface area contributed by atoms with Gasteiger partial charge in [-0.3, -0.25) is 4.90 Å². The first-order chi connectivity index (χ1) is 12.4. The van der Waals surface area contributed by atoms with Gasteiger partial charge >= 0.3 is 6.03 Å². The van der Waals surface area contributed by atoms with Gasteiger partial charge in [-0.25, -0.2) is 4.79 Å². The molecule has 0 radical (unpaired) electrons. The fraction of sp³-hybridized carbons (Fsp3) is 0.737. The van der Waals surface area contributed by atoms with Gasteiger partial charge in [0, 0.05) is 38.7 Å². The molecule has 7 nitrogen and oxygen atoms in total. The van der Waals surface area contributed by atoms with E-state index in [0.717, 1.165) is 50.2 Å². The first-order valence-electron chi connectivity index (χ1n) is 9.62. The normalized spacial score (nSPS) is 29.2. The predicted molar refractivity (Wildman–Crippen MR) is 95.8 cm³/mol. The van der Waals surface area contributed by atoms with Gasteiger partial charge in [-0.05, 0) is 30.9 Å². The Hall–Kier alpha value is -1.57. The van der Waals surface area contributed by atoms with Gasteiger partial charge in [0.1, 0.15) is 11.3 Å². The number of allylic oxidation sites excluding steroid dienone is 3. The number of hydrogen-bond acceptors (Lipinski definition) is 5. The number of ether oxygens (including phenoxy) is 2. The van der Waals surface area contributed by atoms with Crippen LogP contribution in [0.5, 0.6) is 0 Å². The Morgan fingerprint density at radius 2 is 1.85 bits per heavy atom. The maximum absolute atomic E-state index is 12.3. The second kappa shape index (κ2) is 6.55. The number of nitrogens with zero attached hydrogens (tertiary/aromatic N) is 2. The molecule has 2 amide bonds. The molecule has 1 saturated carbocycles. The van der Waals surface area contributed by atoms with Crippen molar-refractivity contribution in [3.8, 4) is 0 Å². The monoisotopic (exact) mass is 363 g/mol. The molecule has 0 unspecified atom stereocenters. The Labute approximate surface area is 154 Å². The highest BCUT2D eigenvalue weighted by atomic mass is 16.7. The number of hydrogen-bond donors (Lipinski definition) is 1. The fourth-order valence-corrected chi connectivity index (χ4v) is 4.28. The topological polar surface area (TPSA) is 63.3 Å². The number of likely N-dealkylation sites (N-methyl/N-ethyl adjacent to an activating group) is 1. The summed E-state index contributed by atoms with van der Waals surface area (Å²) in [7, 11) is 1.84. The summed E-state index contributed by atoms with van der Waals surface area (Å²) in [6, 6.07) is 0.0702. The lowest BCUT2D eigenvalue weighted by atomic mass is 9.76. The summed E-state index contributed by atoms with van der Waals surface area (Å²) in [6.45, 7) is 7.12. The smallest absolute Gasteiger partial charge is 0.324 e. The molecule has 26 heavy (non-hydrogen) atoms. The van der Waals surface area contributed by atoms with Crippen LogP contribution in [0.3, 0.4) is 0 Å². The molecular weight excluding hydrogens is 334 g/mol. The summed E-state index contributed by atoms with van der Waals surface area (Å²) < 4.78 is 11.7. The van der Waals surface area contributed by atoms with Gasteiger partial charge in [0.25, 0.3) is 0 Å². The Morgan fingerprint density at radius 3 is 2.35 bits per heavy atom. The Balaban J connectivity index is 1.48. The van der Waals surface area contributed by atoms with E-state index in [4.69, 9.17) is 14.3 Å². The minimum absolute atomic E-state index is 0.0702. The number of rotatable bonds is 3. The van der Waals surface area contributed by atoms with Crippen molar-refractivity contribution in [1.82, 2.24) is 15.3 Å². The van der Waals surface area contributed by atoms with Crippen LogP contribution in [-0.2, 0) is 14.3 Å². The van der Waals surface area contributed by atoms with Crippen molar-refractivity contribution < 1.29 is 19.1 Å². The molecule has 0 atom stereocenters. The Morgan fingerprint density at radius 1 is 1.15 bits per heavy atom. The standard InChI is InChI=1S/C19H29N3O4/c1-14(2)15(22-11-10-21(3)17(22)23)4-5-16-18(20-26-16)6-8-19(9-7-18)24-12-13-25-19/h4-5,14,20H,6-13H2,1-3H3/b15-4+,16-5-. The Bertz CT molecular complexity index is 627. The van der Waals surface area contributed by atoms with Crippen LogP contribution < -0.4 is 5.48 Å². The molecule has 4 fully saturated rings. The van der Waals surface area contributed by atoms with E-state index in [-0.39, 0.29) is 23.3 Å².